The predicted octanol–water partition coefficient (Wildman–Crippen LogP) is -0.00620. The second-order valence-electron chi connectivity index (χ2n) is 3.92. The quantitative estimate of drug-likeness (QED) is 0.611. The predicted molar refractivity (Wildman–Crippen MR) is 70.7 cm³/mol. The van der Waals surface area contributed by atoms with E-state index < -0.39 is 24.6 Å². The fourth-order valence-corrected chi connectivity index (χ4v) is 1.37. The van der Waals surface area contributed by atoms with Gasteiger partial charge in [0.15, 0.2) is 0 Å². The normalized spacial score (nSPS) is 11.5. The van der Waals surface area contributed by atoms with E-state index in [1.165, 1.54) is 7.11 Å². The zero-order valence-corrected chi connectivity index (χ0v) is 11.2. The molecule has 7 heteroatoms. The molecule has 2 amide bonds. The average molecular weight is 282 g/mol. The van der Waals surface area contributed by atoms with Gasteiger partial charge < -0.3 is 25.2 Å². The maximum atomic E-state index is 11.5. The fourth-order valence-electron chi connectivity index (χ4n) is 1.37. The Kier molecular flexibility index (Phi) is 7.08. The van der Waals surface area contributed by atoms with Crippen molar-refractivity contribution in [1.82, 2.24) is 10.6 Å². The number of rotatable bonds is 7. The first-order valence-corrected chi connectivity index (χ1v) is 6.02. The number of hydrogen-bond acceptors (Lipinski definition) is 5. The first kappa shape index (κ1) is 15.9. The van der Waals surface area contributed by atoms with E-state index in [9.17, 15) is 9.59 Å². The molecule has 0 aliphatic heterocycles. The molecule has 0 aliphatic rings. The summed E-state index contributed by atoms with van der Waals surface area (Å²) in [5, 5.41) is 13.7. The summed E-state index contributed by atoms with van der Waals surface area (Å²) in [5.74, 6) is -0.550. The van der Waals surface area contributed by atoms with Crippen LogP contribution in [0.5, 0.6) is 0 Å². The molecule has 0 heterocycles. The summed E-state index contributed by atoms with van der Waals surface area (Å²) in [6.07, 6.45) is -0.777. The molecule has 0 unspecified atom stereocenters. The Morgan fingerprint density at radius 1 is 1.30 bits per heavy atom. The lowest BCUT2D eigenvalue weighted by Crippen LogP contribution is -2.49. The van der Waals surface area contributed by atoms with Crippen LogP contribution in [0.25, 0.3) is 0 Å². The van der Waals surface area contributed by atoms with Gasteiger partial charge in [-0.3, -0.25) is 4.79 Å². The second kappa shape index (κ2) is 8.89. The summed E-state index contributed by atoms with van der Waals surface area (Å²) in [6.45, 7) is -0.448. The first-order chi connectivity index (χ1) is 9.67. The van der Waals surface area contributed by atoms with E-state index in [1.807, 2.05) is 30.3 Å². The highest BCUT2D eigenvalue weighted by atomic mass is 16.5. The van der Waals surface area contributed by atoms with E-state index in [0.717, 1.165) is 5.56 Å². The number of benzene rings is 1. The van der Waals surface area contributed by atoms with Gasteiger partial charge in [0.05, 0.1) is 6.61 Å². The molecular weight excluding hydrogens is 264 g/mol. The summed E-state index contributed by atoms with van der Waals surface area (Å²) in [5.41, 5.74) is 0.826. The van der Waals surface area contributed by atoms with Crippen LogP contribution < -0.4 is 10.6 Å². The lowest BCUT2D eigenvalue weighted by atomic mass is 10.2. The van der Waals surface area contributed by atoms with Crippen molar-refractivity contribution in [3.05, 3.63) is 35.9 Å². The van der Waals surface area contributed by atoms with Crippen LogP contribution in [-0.4, -0.2) is 43.6 Å². The summed E-state index contributed by atoms with van der Waals surface area (Å²) < 4.78 is 9.60. The third-order valence-electron chi connectivity index (χ3n) is 2.39. The van der Waals surface area contributed by atoms with Crippen molar-refractivity contribution in [2.45, 2.75) is 12.6 Å². The number of nitrogens with one attached hydrogen (secondary N) is 2. The van der Waals surface area contributed by atoms with Crippen molar-refractivity contribution in [3.63, 3.8) is 0 Å². The number of aliphatic hydroxyl groups is 1. The summed E-state index contributed by atoms with van der Waals surface area (Å²) in [4.78, 5) is 23.0. The monoisotopic (exact) mass is 282 g/mol. The standard InChI is InChI=1S/C13H18N2O5/c1-19-9-14-12(17)11(7-16)15-13(18)20-8-10-5-3-2-4-6-10/h2-6,11,16H,7-9H2,1H3,(H,14,17)(H,15,18)/t11-/m0/s1. The Hall–Kier alpha value is -2.12. The number of carbonyl (C=O) groups is 2. The van der Waals surface area contributed by atoms with Crippen LogP contribution in [0.1, 0.15) is 5.56 Å². The maximum absolute atomic E-state index is 11.5. The number of alkyl carbamates (subject to hydrolysis) is 1. The highest BCUT2D eigenvalue weighted by Crippen LogP contribution is 2.00. The highest BCUT2D eigenvalue weighted by Gasteiger charge is 2.20. The smallest absolute Gasteiger partial charge is 0.408 e. The van der Waals surface area contributed by atoms with E-state index in [0.29, 0.717) is 0 Å². The molecule has 20 heavy (non-hydrogen) atoms. The number of amides is 2. The molecule has 0 saturated carbocycles. The Morgan fingerprint density at radius 3 is 2.60 bits per heavy atom. The van der Waals surface area contributed by atoms with E-state index in [4.69, 9.17) is 9.84 Å². The molecule has 0 fully saturated rings. The molecule has 1 rings (SSSR count). The van der Waals surface area contributed by atoms with E-state index in [1.54, 1.807) is 0 Å². The molecule has 110 valence electrons. The van der Waals surface area contributed by atoms with Crippen molar-refractivity contribution < 1.29 is 24.2 Å². The van der Waals surface area contributed by atoms with E-state index in [2.05, 4.69) is 15.4 Å². The van der Waals surface area contributed by atoms with Gasteiger partial charge in [-0.15, -0.1) is 0 Å². The van der Waals surface area contributed by atoms with Crippen LogP contribution in [0.15, 0.2) is 30.3 Å². The molecule has 1 atom stereocenters. The van der Waals surface area contributed by atoms with Gasteiger partial charge >= 0.3 is 6.09 Å². The Bertz CT molecular complexity index is 424. The van der Waals surface area contributed by atoms with Crippen molar-refractivity contribution in [3.8, 4) is 0 Å². The molecule has 3 N–H and O–H groups in total. The van der Waals surface area contributed by atoms with Gasteiger partial charge in [0.1, 0.15) is 19.4 Å². The zero-order chi connectivity index (χ0) is 14.8. The Balaban J connectivity index is 2.37. The summed E-state index contributed by atoms with van der Waals surface area (Å²) >= 11 is 0. The van der Waals surface area contributed by atoms with Crippen LogP contribution in [0, 0.1) is 0 Å². The number of aliphatic hydroxyl groups excluding tert-OH is 1. The molecule has 0 radical (unpaired) electrons. The third-order valence-corrected chi connectivity index (χ3v) is 2.39. The molecule has 7 nitrogen and oxygen atoms in total. The van der Waals surface area contributed by atoms with Crippen LogP contribution >= 0.6 is 0 Å². The number of carbonyl (C=O) groups excluding carboxylic acids is 2. The molecule has 0 bridgehead atoms. The molecular formula is C13H18N2O5. The van der Waals surface area contributed by atoms with Crippen LogP contribution in [0.2, 0.25) is 0 Å². The Morgan fingerprint density at radius 2 is 2.00 bits per heavy atom. The first-order valence-electron chi connectivity index (χ1n) is 6.02. The second-order valence-corrected chi connectivity index (χ2v) is 3.92. The summed E-state index contributed by atoms with van der Waals surface area (Å²) in [7, 11) is 1.41. The molecule has 0 saturated heterocycles. The van der Waals surface area contributed by atoms with Crippen molar-refractivity contribution in [2.24, 2.45) is 0 Å². The molecule has 1 aromatic carbocycles. The lowest BCUT2D eigenvalue weighted by Gasteiger charge is -2.15. The van der Waals surface area contributed by atoms with Crippen molar-refractivity contribution in [2.75, 3.05) is 20.4 Å². The minimum atomic E-state index is -1.08. The van der Waals surface area contributed by atoms with Gasteiger partial charge in [-0.05, 0) is 5.56 Å². The van der Waals surface area contributed by atoms with Gasteiger partial charge in [-0.25, -0.2) is 4.79 Å². The SMILES string of the molecule is COCNC(=O)[C@H](CO)NC(=O)OCc1ccccc1. The fraction of sp³-hybridized carbons (Fsp3) is 0.385. The van der Waals surface area contributed by atoms with Crippen LogP contribution in [0.4, 0.5) is 4.79 Å². The van der Waals surface area contributed by atoms with Gasteiger partial charge in [0, 0.05) is 7.11 Å². The minimum absolute atomic E-state index is 0.00389. The maximum Gasteiger partial charge on any atom is 0.408 e. The van der Waals surface area contributed by atoms with E-state index >= 15 is 0 Å². The van der Waals surface area contributed by atoms with Gasteiger partial charge in [-0.1, -0.05) is 30.3 Å². The number of hydrogen-bond donors (Lipinski definition) is 3. The lowest BCUT2D eigenvalue weighted by molar-refractivity contribution is -0.125. The molecule has 0 spiro atoms. The summed E-state index contributed by atoms with van der Waals surface area (Å²) in [6, 6.07) is 8.04. The average Bonchev–Trinajstić information content (AvgIpc) is 2.49. The molecule has 1 aromatic rings. The molecule has 0 aliphatic carbocycles. The number of methoxy groups -OCH3 is 1. The van der Waals surface area contributed by atoms with Crippen LogP contribution in [-0.2, 0) is 20.9 Å². The third kappa shape index (κ3) is 5.68. The number of ether oxygens (including phenoxy) is 2. The van der Waals surface area contributed by atoms with Gasteiger partial charge in [0.2, 0.25) is 5.91 Å². The van der Waals surface area contributed by atoms with Crippen LogP contribution in [0.3, 0.4) is 0 Å². The van der Waals surface area contributed by atoms with Crippen molar-refractivity contribution in [1.29, 1.82) is 0 Å². The minimum Gasteiger partial charge on any atom is -0.445 e. The van der Waals surface area contributed by atoms with Crippen molar-refractivity contribution >= 4 is 12.0 Å². The zero-order valence-electron chi connectivity index (χ0n) is 11.2. The van der Waals surface area contributed by atoms with Gasteiger partial charge in [0.25, 0.3) is 0 Å². The van der Waals surface area contributed by atoms with E-state index in [-0.39, 0.29) is 13.3 Å². The molecule has 0 aromatic heterocycles. The Labute approximate surface area is 116 Å². The topological polar surface area (TPSA) is 96.9 Å². The largest absolute Gasteiger partial charge is 0.445 e. The highest BCUT2D eigenvalue weighted by molar-refractivity contribution is 5.85. The van der Waals surface area contributed by atoms with Gasteiger partial charge in [-0.2, -0.15) is 0 Å².